The molecule has 27 heavy (non-hydrogen) atoms. The van der Waals surface area contributed by atoms with Gasteiger partial charge < -0.3 is 15.4 Å². The number of rotatable bonds is 7. The Morgan fingerprint density at radius 1 is 1.26 bits per heavy atom. The van der Waals surface area contributed by atoms with Crippen molar-refractivity contribution < 1.29 is 9.13 Å². The van der Waals surface area contributed by atoms with E-state index in [4.69, 9.17) is 4.74 Å². The van der Waals surface area contributed by atoms with E-state index in [1.807, 2.05) is 32.0 Å². The summed E-state index contributed by atoms with van der Waals surface area (Å²) in [4.78, 5) is 8.59. The Hall–Kier alpha value is -2.63. The van der Waals surface area contributed by atoms with Crippen molar-refractivity contribution in [1.82, 2.24) is 15.6 Å². The van der Waals surface area contributed by atoms with Crippen LogP contribution in [0.1, 0.15) is 37.8 Å². The third-order valence-electron chi connectivity index (χ3n) is 4.72. The van der Waals surface area contributed by atoms with Crippen LogP contribution < -0.4 is 15.4 Å². The molecule has 0 bridgehead atoms. The maximum Gasteiger partial charge on any atom is 0.213 e. The SMILES string of the molecule is CN=C(NCc1ccc(OC(C)C)nc1)NCC1(c2cccc(F)c2)CC1. The van der Waals surface area contributed by atoms with Crippen LogP contribution in [0.5, 0.6) is 5.88 Å². The van der Waals surface area contributed by atoms with Crippen LogP contribution in [-0.4, -0.2) is 30.6 Å². The third-order valence-corrected chi connectivity index (χ3v) is 4.72. The third kappa shape index (κ3) is 5.18. The van der Waals surface area contributed by atoms with E-state index >= 15 is 0 Å². The Balaban J connectivity index is 1.51. The molecule has 3 rings (SSSR count). The fourth-order valence-corrected chi connectivity index (χ4v) is 3.02. The van der Waals surface area contributed by atoms with Gasteiger partial charge in [-0.1, -0.05) is 18.2 Å². The first-order valence-corrected chi connectivity index (χ1v) is 9.33. The molecule has 0 aliphatic heterocycles. The Morgan fingerprint density at radius 3 is 2.67 bits per heavy atom. The topological polar surface area (TPSA) is 58.5 Å². The molecule has 0 atom stereocenters. The zero-order valence-corrected chi connectivity index (χ0v) is 16.1. The van der Waals surface area contributed by atoms with Gasteiger partial charge in [-0.3, -0.25) is 4.99 Å². The molecule has 1 aliphatic rings. The molecule has 0 spiro atoms. The predicted octanol–water partition coefficient (Wildman–Crippen LogP) is 3.40. The van der Waals surface area contributed by atoms with Gasteiger partial charge in [0.1, 0.15) is 5.82 Å². The van der Waals surface area contributed by atoms with Crippen LogP contribution in [-0.2, 0) is 12.0 Å². The van der Waals surface area contributed by atoms with Crippen molar-refractivity contribution in [3.63, 3.8) is 0 Å². The van der Waals surface area contributed by atoms with Gasteiger partial charge in [0.2, 0.25) is 5.88 Å². The van der Waals surface area contributed by atoms with E-state index in [0.717, 1.165) is 36.5 Å². The van der Waals surface area contributed by atoms with Gasteiger partial charge in [-0.05, 0) is 49.9 Å². The maximum absolute atomic E-state index is 13.5. The molecule has 1 fully saturated rings. The van der Waals surface area contributed by atoms with Crippen molar-refractivity contribution in [3.8, 4) is 5.88 Å². The molecule has 5 nitrogen and oxygen atoms in total. The van der Waals surface area contributed by atoms with Crippen molar-refractivity contribution in [2.24, 2.45) is 4.99 Å². The van der Waals surface area contributed by atoms with E-state index in [9.17, 15) is 4.39 Å². The smallest absolute Gasteiger partial charge is 0.213 e. The number of pyridine rings is 1. The average molecular weight is 370 g/mol. The number of ether oxygens (including phenoxy) is 1. The summed E-state index contributed by atoms with van der Waals surface area (Å²) in [6.45, 7) is 5.30. The minimum absolute atomic E-state index is 0.0110. The molecule has 144 valence electrons. The Labute approximate surface area is 160 Å². The van der Waals surface area contributed by atoms with Crippen LogP contribution in [0.15, 0.2) is 47.6 Å². The quantitative estimate of drug-likeness (QED) is 0.579. The van der Waals surface area contributed by atoms with Gasteiger partial charge in [-0.2, -0.15) is 0 Å². The molecule has 0 saturated heterocycles. The van der Waals surface area contributed by atoms with E-state index in [1.165, 1.54) is 6.07 Å². The summed E-state index contributed by atoms with van der Waals surface area (Å²) < 4.78 is 19.1. The van der Waals surface area contributed by atoms with Crippen LogP contribution in [0.4, 0.5) is 4.39 Å². The molecule has 2 N–H and O–H groups in total. The normalized spacial score (nSPS) is 15.5. The number of aromatic nitrogens is 1. The molecule has 1 aromatic heterocycles. The number of hydrogen-bond donors (Lipinski definition) is 2. The van der Waals surface area contributed by atoms with E-state index in [2.05, 4.69) is 20.6 Å². The molecular weight excluding hydrogens is 343 g/mol. The minimum atomic E-state index is -0.182. The van der Waals surface area contributed by atoms with Crippen molar-refractivity contribution in [2.75, 3.05) is 13.6 Å². The molecule has 0 unspecified atom stereocenters. The van der Waals surface area contributed by atoms with Gasteiger partial charge in [0.25, 0.3) is 0 Å². The van der Waals surface area contributed by atoms with Crippen LogP contribution in [0, 0.1) is 5.82 Å². The molecule has 1 heterocycles. The van der Waals surface area contributed by atoms with Crippen LogP contribution in [0.3, 0.4) is 0 Å². The summed E-state index contributed by atoms with van der Waals surface area (Å²) >= 11 is 0. The summed E-state index contributed by atoms with van der Waals surface area (Å²) in [6.07, 6.45) is 4.02. The Kier molecular flexibility index (Phi) is 5.94. The summed E-state index contributed by atoms with van der Waals surface area (Å²) in [5, 5.41) is 6.66. The first-order chi connectivity index (χ1) is 13.0. The first kappa shape index (κ1) is 19.1. The molecule has 0 radical (unpaired) electrons. The number of aliphatic imine (C=N–C) groups is 1. The van der Waals surface area contributed by atoms with Gasteiger partial charge >= 0.3 is 0 Å². The van der Waals surface area contributed by atoms with Crippen molar-refractivity contribution >= 4 is 5.96 Å². The second kappa shape index (κ2) is 8.37. The van der Waals surface area contributed by atoms with Crippen LogP contribution in [0.2, 0.25) is 0 Å². The zero-order chi connectivity index (χ0) is 19.3. The van der Waals surface area contributed by atoms with E-state index in [-0.39, 0.29) is 17.3 Å². The molecular formula is C21H27FN4O. The highest BCUT2D eigenvalue weighted by Crippen LogP contribution is 2.47. The zero-order valence-electron chi connectivity index (χ0n) is 16.1. The van der Waals surface area contributed by atoms with Crippen molar-refractivity contribution in [3.05, 3.63) is 59.5 Å². The van der Waals surface area contributed by atoms with Crippen LogP contribution in [0.25, 0.3) is 0 Å². The fraction of sp³-hybridized carbons (Fsp3) is 0.429. The lowest BCUT2D eigenvalue weighted by atomic mass is 9.96. The lowest BCUT2D eigenvalue weighted by Crippen LogP contribution is -2.40. The molecule has 6 heteroatoms. The molecule has 1 saturated carbocycles. The summed E-state index contributed by atoms with van der Waals surface area (Å²) in [5.41, 5.74) is 2.10. The Bertz CT molecular complexity index is 785. The lowest BCUT2D eigenvalue weighted by molar-refractivity contribution is 0.232. The van der Waals surface area contributed by atoms with Gasteiger partial charge in [0.05, 0.1) is 6.10 Å². The summed E-state index contributed by atoms with van der Waals surface area (Å²) in [5.74, 6) is 1.17. The molecule has 0 amide bonds. The van der Waals surface area contributed by atoms with Gasteiger partial charge in [-0.25, -0.2) is 9.37 Å². The lowest BCUT2D eigenvalue weighted by Gasteiger charge is -2.19. The second-order valence-corrected chi connectivity index (χ2v) is 7.24. The van der Waals surface area contributed by atoms with Gasteiger partial charge in [-0.15, -0.1) is 0 Å². The second-order valence-electron chi connectivity index (χ2n) is 7.24. The van der Waals surface area contributed by atoms with E-state index in [0.29, 0.717) is 12.4 Å². The summed E-state index contributed by atoms with van der Waals surface area (Å²) in [6, 6.07) is 10.8. The summed E-state index contributed by atoms with van der Waals surface area (Å²) in [7, 11) is 1.74. The highest BCUT2D eigenvalue weighted by atomic mass is 19.1. The minimum Gasteiger partial charge on any atom is -0.475 e. The number of guanidine groups is 1. The predicted molar refractivity (Wildman–Crippen MR) is 106 cm³/mol. The Morgan fingerprint density at radius 2 is 2.07 bits per heavy atom. The average Bonchev–Trinajstić information content (AvgIpc) is 3.44. The van der Waals surface area contributed by atoms with Gasteiger partial charge in [0.15, 0.2) is 5.96 Å². The van der Waals surface area contributed by atoms with Crippen molar-refractivity contribution in [2.45, 2.75) is 44.8 Å². The van der Waals surface area contributed by atoms with Crippen LogP contribution >= 0.6 is 0 Å². The number of halogens is 1. The number of nitrogens with zero attached hydrogens (tertiary/aromatic N) is 2. The number of nitrogens with one attached hydrogen (secondary N) is 2. The maximum atomic E-state index is 13.5. The van der Waals surface area contributed by atoms with Gasteiger partial charge in [0, 0.05) is 37.8 Å². The molecule has 2 aromatic rings. The number of hydrogen-bond acceptors (Lipinski definition) is 3. The largest absolute Gasteiger partial charge is 0.475 e. The van der Waals surface area contributed by atoms with Crippen molar-refractivity contribution in [1.29, 1.82) is 0 Å². The van der Waals surface area contributed by atoms with E-state index < -0.39 is 0 Å². The highest BCUT2D eigenvalue weighted by Gasteiger charge is 2.44. The number of benzene rings is 1. The van der Waals surface area contributed by atoms with E-state index in [1.54, 1.807) is 25.4 Å². The molecule has 1 aromatic carbocycles. The molecule has 1 aliphatic carbocycles. The first-order valence-electron chi connectivity index (χ1n) is 9.33. The monoisotopic (exact) mass is 370 g/mol. The highest BCUT2D eigenvalue weighted by molar-refractivity contribution is 5.79. The fourth-order valence-electron chi connectivity index (χ4n) is 3.02. The standard InChI is InChI=1S/C21H27FN4O/c1-15(2)27-19-8-7-16(12-24-19)13-25-20(23-3)26-14-21(9-10-21)17-5-4-6-18(22)11-17/h4-8,11-12,15H,9-10,13-14H2,1-3H3,(H2,23,25,26).